The van der Waals surface area contributed by atoms with E-state index in [0.29, 0.717) is 0 Å². The van der Waals surface area contributed by atoms with Crippen molar-refractivity contribution in [2.24, 2.45) is 0 Å². The molecule has 5 nitrogen and oxygen atoms in total. The van der Waals surface area contributed by atoms with Crippen LogP contribution in [0.5, 0.6) is 5.75 Å². The number of ether oxygens (including phenoxy) is 1. The summed E-state index contributed by atoms with van der Waals surface area (Å²) in [7, 11) is 1.63. The lowest BCUT2D eigenvalue weighted by atomic mass is 10.1. The summed E-state index contributed by atoms with van der Waals surface area (Å²) < 4.78 is 20.5. The first-order valence-electron chi connectivity index (χ1n) is 8.94. The van der Waals surface area contributed by atoms with Gasteiger partial charge in [0.15, 0.2) is 0 Å². The van der Waals surface area contributed by atoms with Crippen LogP contribution in [-0.4, -0.2) is 22.5 Å². The van der Waals surface area contributed by atoms with Crippen LogP contribution < -0.4 is 10.1 Å². The van der Waals surface area contributed by atoms with E-state index in [1.165, 1.54) is 12.1 Å². The van der Waals surface area contributed by atoms with Crippen LogP contribution in [-0.2, 0) is 0 Å². The van der Waals surface area contributed by atoms with Gasteiger partial charge in [-0.1, -0.05) is 24.3 Å². The molecular formula is C22H23FN4O. The first kappa shape index (κ1) is 19.4. The number of nitrogens with zero attached hydrogens (tertiary/aromatic N) is 2. The Bertz CT molecular complexity index is 992. The number of imidazole rings is 1. The summed E-state index contributed by atoms with van der Waals surface area (Å²) >= 11 is 0. The number of benzene rings is 2. The highest BCUT2D eigenvalue weighted by atomic mass is 19.1. The molecule has 2 N–H and O–H groups in total. The van der Waals surface area contributed by atoms with E-state index in [1.807, 2.05) is 48.9 Å². The third-order valence-electron chi connectivity index (χ3n) is 4.38. The molecule has 2 aromatic carbocycles. The smallest absolute Gasteiger partial charge is 0.143 e. The first-order valence-corrected chi connectivity index (χ1v) is 8.94. The van der Waals surface area contributed by atoms with Crippen LogP contribution >= 0.6 is 0 Å². The second-order valence-electron chi connectivity index (χ2n) is 6.52. The maximum Gasteiger partial charge on any atom is 0.143 e. The van der Waals surface area contributed by atoms with Gasteiger partial charge >= 0.3 is 0 Å². The van der Waals surface area contributed by atoms with Gasteiger partial charge in [-0.25, -0.2) is 9.37 Å². The number of aryl methyl sites for hydroxylation is 1. The van der Waals surface area contributed by atoms with E-state index >= 15 is 0 Å². The van der Waals surface area contributed by atoms with Gasteiger partial charge in [-0.3, -0.25) is 5.41 Å². The Kier molecular flexibility index (Phi) is 5.89. The Morgan fingerprint density at radius 2 is 2.00 bits per heavy atom. The van der Waals surface area contributed by atoms with E-state index in [-0.39, 0.29) is 17.7 Å². The highest BCUT2D eigenvalue weighted by molar-refractivity contribution is 5.94. The van der Waals surface area contributed by atoms with Crippen molar-refractivity contribution in [3.63, 3.8) is 0 Å². The van der Waals surface area contributed by atoms with Crippen LogP contribution in [0.1, 0.15) is 29.8 Å². The van der Waals surface area contributed by atoms with E-state index in [9.17, 15) is 4.39 Å². The molecule has 1 aromatic heterocycles. The summed E-state index contributed by atoms with van der Waals surface area (Å²) in [6, 6.07) is 12.0. The third kappa shape index (κ3) is 4.65. The van der Waals surface area contributed by atoms with E-state index in [4.69, 9.17) is 10.1 Å². The van der Waals surface area contributed by atoms with Gasteiger partial charge in [0.25, 0.3) is 0 Å². The minimum Gasteiger partial charge on any atom is -0.495 e. The molecule has 28 heavy (non-hydrogen) atoms. The van der Waals surface area contributed by atoms with Gasteiger partial charge in [0.1, 0.15) is 17.4 Å². The van der Waals surface area contributed by atoms with Gasteiger partial charge in [-0.05, 0) is 55.3 Å². The summed E-state index contributed by atoms with van der Waals surface area (Å²) in [6.45, 7) is 3.87. The van der Waals surface area contributed by atoms with Gasteiger partial charge in [0.05, 0.1) is 24.8 Å². The molecule has 0 radical (unpaired) electrons. The molecule has 3 aromatic rings. The average molecular weight is 378 g/mol. The Balaban J connectivity index is 1.69. The maximum absolute atomic E-state index is 13.0. The second-order valence-corrected chi connectivity index (χ2v) is 6.52. The van der Waals surface area contributed by atoms with Crippen molar-refractivity contribution in [2.75, 3.05) is 7.11 Å². The van der Waals surface area contributed by atoms with Gasteiger partial charge in [0.2, 0.25) is 0 Å². The molecule has 0 fully saturated rings. The number of halogens is 1. The Labute approximate surface area is 164 Å². The number of methoxy groups -OCH3 is 1. The zero-order valence-electron chi connectivity index (χ0n) is 16.1. The molecule has 6 heteroatoms. The summed E-state index contributed by atoms with van der Waals surface area (Å²) in [5, 5.41) is 11.2. The van der Waals surface area contributed by atoms with Crippen molar-refractivity contribution < 1.29 is 9.13 Å². The predicted octanol–water partition coefficient (Wildman–Crippen LogP) is 4.67. The highest BCUT2D eigenvalue weighted by Crippen LogP contribution is 2.25. The average Bonchev–Trinajstić information content (AvgIpc) is 3.12. The van der Waals surface area contributed by atoms with Gasteiger partial charge in [-0.15, -0.1) is 0 Å². The van der Waals surface area contributed by atoms with Gasteiger partial charge in [-0.2, -0.15) is 0 Å². The Morgan fingerprint density at radius 3 is 2.64 bits per heavy atom. The molecule has 0 bridgehead atoms. The molecule has 144 valence electrons. The van der Waals surface area contributed by atoms with Gasteiger partial charge < -0.3 is 14.6 Å². The molecule has 1 unspecified atom stereocenters. The van der Waals surface area contributed by atoms with E-state index < -0.39 is 0 Å². The van der Waals surface area contributed by atoms with Crippen molar-refractivity contribution in [1.82, 2.24) is 14.9 Å². The van der Waals surface area contributed by atoms with Crippen molar-refractivity contribution in [2.45, 2.75) is 19.9 Å². The normalized spacial score (nSPS) is 12.1. The largest absolute Gasteiger partial charge is 0.495 e. The number of aromatic nitrogens is 2. The van der Waals surface area contributed by atoms with Crippen LogP contribution in [0.25, 0.3) is 11.8 Å². The van der Waals surface area contributed by atoms with Crippen LogP contribution in [0.4, 0.5) is 4.39 Å². The van der Waals surface area contributed by atoms with E-state index in [2.05, 4.69) is 10.3 Å². The second kappa shape index (κ2) is 8.52. The quantitative estimate of drug-likeness (QED) is 0.484. The number of amidine groups is 1. The first-order chi connectivity index (χ1) is 13.5. The minimum absolute atomic E-state index is 0.0980. The molecule has 1 heterocycles. The number of hydrogen-bond donors (Lipinski definition) is 2. The van der Waals surface area contributed by atoms with Crippen LogP contribution in [0.15, 0.2) is 61.1 Å². The zero-order chi connectivity index (χ0) is 20.1. The molecule has 0 aliphatic rings. The lowest BCUT2D eigenvalue weighted by Crippen LogP contribution is -2.24. The molecule has 0 saturated carbocycles. The summed E-state index contributed by atoms with van der Waals surface area (Å²) in [5.41, 5.74) is 3.67. The zero-order valence-corrected chi connectivity index (χ0v) is 16.1. The number of nitrogens with one attached hydrogen (secondary N) is 2. The molecule has 1 atom stereocenters. The van der Waals surface area contributed by atoms with Crippen LogP contribution in [0, 0.1) is 18.2 Å². The van der Waals surface area contributed by atoms with Crippen molar-refractivity contribution in [3.8, 4) is 11.4 Å². The minimum atomic E-state index is -0.269. The predicted molar refractivity (Wildman–Crippen MR) is 110 cm³/mol. The topological polar surface area (TPSA) is 62.9 Å². The molecule has 3 rings (SSSR count). The van der Waals surface area contributed by atoms with Crippen molar-refractivity contribution in [3.05, 3.63) is 83.7 Å². The highest BCUT2D eigenvalue weighted by Gasteiger charge is 2.08. The standard InChI is InChI=1S/C22H23FN4O/c1-15-13-27(14-25-15)20-10-4-17(12-21(20)28-3)5-11-22(24)26-16(2)18-6-8-19(23)9-7-18/h4-14,16H,1-3H3,(H2,24,26)/b11-5+. The third-order valence-corrected chi connectivity index (χ3v) is 4.38. The van der Waals surface area contributed by atoms with Crippen molar-refractivity contribution >= 4 is 11.9 Å². The lowest BCUT2D eigenvalue weighted by Gasteiger charge is -2.14. The molecule has 0 saturated heterocycles. The SMILES string of the molecule is COc1cc(/C=C/C(=N)NC(C)c2ccc(F)cc2)ccc1-n1cnc(C)c1. The molecule has 0 spiro atoms. The number of rotatable bonds is 6. The van der Waals surface area contributed by atoms with Crippen molar-refractivity contribution in [1.29, 1.82) is 5.41 Å². The maximum atomic E-state index is 13.0. The fourth-order valence-electron chi connectivity index (χ4n) is 2.86. The van der Waals surface area contributed by atoms with Gasteiger partial charge in [0, 0.05) is 12.2 Å². The van der Waals surface area contributed by atoms with Crippen LogP contribution in [0.2, 0.25) is 0 Å². The summed E-state index contributed by atoms with van der Waals surface area (Å²) in [4.78, 5) is 4.24. The fraction of sp³-hybridized carbons (Fsp3) is 0.182. The summed E-state index contributed by atoms with van der Waals surface area (Å²) in [6.07, 6.45) is 7.22. The fourth-order valence-corrected chi connectivity index (χ4v) is 2.86. The summed E-state index contributed by atoms with van der Waals surface area (Å²) in [5.74, 6) is 0.720. The lowest BCUT2D eigenvalue weighted by molar-refractivity contribution is 0.413. The number of hydrogen-bond acceptors (Lipinski definition) is 3. The molecule has 0 aliphatic heterocycles. The molecule has 0 amide bonds. The van der Waals surface area contributed by atoms with Crippen LogP contribution in [0.3, 0.4) is 0 Å². The van der Waals surface area contributed by atoms with E-state index in [1.54, 1.807) is 31.6 Å². The molecular weight excluding hydrogens is 355 g/mol. The Hall–Kier alpha value is -3.41. The molecule has 0 aliphatic carbocycles. The monoisotopic (exact) mass is 378 g/mol. The van der Waals surface area contributed by atoms with E-state index in [0.717, 1.165) is 28.3 Å². The Morgan fingerprint density at radius 1 is 1.25 bits per heavy atom.